The summed E-state index contributed by atoms with van der Waals surface area (Å²) in [4.78, 5) is 0. The molecule has 0 spiro atoms. The van der Waals surface area contributed by atoms with Gasteiger partial charge in [0.1, 0.15) is 0 Å². The van der Waals surface area contributed by atoms with E-state index in [1.54, 1.807) is 0 Å². The summed E-state index contributed by atoms with van der Waals surface area (Å²) >= 11 is -12.3. The maximum atomic E-state index is 8.59. The number of hydrogen-bond donors (Lipinski definition) is 0. The van der Waals surface area contributed by atoms with Crippen LogP contribution in [0.15, 0.2) is 0 Å². The van der Waals surface area contributed by atoms with Gasteiger partial charge in [-0.3, -0.25) is 0 Å². The van der Waals surface area contributed by atoms with Crippen LogP contribution >= 0.6 is 0 Å². The van der Waals surface area contributed by atoms with Crippen molar-refractivity contribution in [2.45, 2.75) is 0 Å². The Bertz CT molecular complexity index is 116. The quantitative estimate of drug-likeness (QED) is 0.250. The Morgan fingerprint density at radius 2 is 0.500 bits per heavy atom. The second-order valence-corrected chi connectivity index (χ2v) is 4.11. The van der Waals surface area contributed by atoms with Gasteiger partial charge in [-0.1, -0.05) is 0 Å². The summed E-state index contributed by atoms with van der Waals surface area (Å²) in [6.45, 7) is 0. The minimum Gasteiger partial charge on any atom is 3.00 e. The number of hydrogen-bond acceptors (Lipinski definition) is 9. The summed E-state index contributed by atoms with van der Waals surface area (Å²) in [5, 5.41) is 0. The van der Waals surface area contributed by atoms with Gasteiger partial charge in [-0.25, -0.2) is 0 Å². The first-order chi connectivity index (χ1) is 5.20. The summed E-state index contributed by atoms with van der Waals surface area (Å²) in [5.41, 5.74) is 0. The smallest absolute Gasteiger partial charge is 3.00 e. The van der Waals surface area contributed by atoms with Gasteiger partial charge in [0, 0.05) is 0 Å². The third-order valence-electron chi connectivity index (χ3n) is 0. The molecule has 0 aromatic heterocycles. The fourth-order valence-corrected chi connectivity index (χ4v) is 0. The van der Waals surface area contributed by atoms with E-state index < -0.39 is 61.1 Å². The van der Waals surface area contributed by atoms with Crippen LogP contribution in [0, 0.1) is 0 Å². The molecule has 0 unspecified atom stereocenters. The summed E-state index contributed by atoms with van der Waals surface area (Å²) in [6, 6.07) is 0. The SMILES string of the molecule is O=[Te]([O-])[O-].O=[Te]([O-])[O-].O=[Te]([O-])[O-].[Al+3].[Al+3]. The minimum absolute atomic E-state index is 0. The standard InChI is InChI=1S/2Al.3H2O3Te/c;;3*1-4(2)3/h;;3*(H2,1,2,3)/q2*+3;;;/p-6. The van der Waals surface area contributed by atoms with Gasteiger partial charge < -0.3 is 0 Å². The Morgan fingerprint density at radius 3 is 0.500 bits per heavy atom. The molecule has 0 fully saturated rings. The monoisotopic (exact) mass is 588 g/mol. The van der Waals surface area contributed by atoms with E-state index in [4.69, 9.17) is 30.1 Å². The van der Waals surface area contributed by atoms with Crippen LogP contribution in [-0.4, -0.2) is 95.8 Å². The van der Waals surface area contributed by atoms with Gasteiger partial charge in [0.15, 0.2) is 0 Å². The number of rotatable bonds is 0. The molecule has 0 heterocycles. The van der Waals surface area contributed by atoms with Gasteiger partial charge >= 0.3 is 126 Å². The summed E-state index contributed by atoms with van der Waals surface area (Å²) in [5.74, 6) is 0. The molecule has 78 valence electrons. The van der Waals surface area contributed by atoms with E-state index in [1.165, 1.54) is 0 Å². The van der Waals surface area contributed by atoms with E-state index in [0.717, 1.165) is 0 Å². The molecule has 0 radical (unpaired) electrons. The van der Waals surface area contributed by atoms with Gasteiger partial charge in [0.25, 0.3) is 0 Å². The molecule has 0 aromatic carbocycles. The average molecular weight is 581 g/mol. The maximum absolute atomic E-state index is 8.59. The normalized spacial score (nSPS) is 7.50. The Morgan fingerprint density at radius 1 is 0.500 bits per heavy atom. The fraction of sp³-hybridized carbons (Fsp3) is 0. The molecule has 14 heteroatoms. The first kappa shape index (κ1) is 30.0. The molecule has 14 heavy (non-hydrogen) atoms. The molecule has 0 aliphatic heterocycles. The van der Waals surface area contributed by atoms with Crippen molar-refractivity contribution < 1.29 is 30.1 Å². The Labute approximate surface area is 124 Å². The molecule has 0 aromatic rings. The molecule has 0 saturated carbocycles. The van der Waals surface area contributed by atoms with E-state index in [1.807, 2.05) is 0 Å². The van der Waals surface area contributed by atoms with Gasteiger partial charge in [-0.05, 0) is 0 Å². The van der Waals surface area contributed by atoms with Gasteiger partial charge in [-0.2, -0.15) is 0 Å². The van der Waals surface area contributed by atoms with E-state index in [2.05, 4.69) is 0 Å². The Kier molecular flexibility index (Phi) is 53.0. The molecule has 0 amide bonds. The molecule has 0 saturated heterocycles. The molecule has 9 nitrogen and oxygen atoms in total. The molecule has 0 N–H and O–H groups in total. The van der Waals surface area contributed by atoms with Crippen molar-refractivity contribution in [2.75, 3.05) is 0 Å². The van der Waals surface area contributed by atoms with Crippen LogP contribution in [0.2, 0.25) is 0 Å². The fourth-order valence-electron chi connectivity index (χ4n) is 0. The Balaban J connectivity index is -0.0000000270. The second-order valence-electron chi connectivity index (χ2n) is 0.612. The third kappa shape index (κ3) is 401. The zero-order valence-corrected chi connectivity index (χ0v) is 15.4. The molecule has 0 bridgehead atoms. The van der Waals surface area contributed by atoms with Gasteiger partial charge in [0.2, 0.25) is 0 Å². The van der Waals surface area contributed by atoms with Crippen LogP contribution in [0.1, 0.15) is 0 Å². The molecular formula is Al2O9Te3. The first-order valence-corrected chi connectivity index (χ1v) is 10.1. The van der Waals surface area contributed by atoms with Crippen LogP contribution in [0.5, 0.6) is 0 Å². The summed E-state index contributed by atoms with van der Waals surface area (Å²) in [7, 11) is 0. The van der Waals surface area contributed by atoms with Crippen molar-refractivity contribution in [1.82, 2.24) is 0 Å². The van der Waals surface area contributed by atoms with Crippen LogP contribution in [-0.2, 0) is 9.31 Å². The largest absolute Gasteiger partial charge is 3.00 e. The van der Waals surface area contributed by atoms with Gasteiger partial charge in [0.05, 0.1) is 0 Å². The van der Waals surface area contributed by atoms with Crippen LogP contribution < -0.4 is 20.8 Å². The molecular weight excluding hydrogens is 581 g/mol. The summed E-state index contributed by atoms with van der Waals surface area (Å²) < 4.78 is 77.3. The van der Waals surface area contributed by atoms with Crippen LogP contribution in [0.25, 0.3) is 0 Å². The average Bonchev–Trinajstić information content (AvgIpc) is 1.54. The van der Waals surface area contributed by atoms with Crippen LogP contribution in [0.4, 0.5) is 0 Å². The molecule has 0 aliphatic carbocycles. The molecule has 0 aliphatic rings. The van der Waals surface area contributed by atoms with Crippen molar-refractivity contribution in [3.8, 4) is 0 Å². The Hall–Kier alpha value is 2.59. The van der Waals surface area contributed by atoms with E-state index in [0.29, 0.717) is 0 Å². The van der Waals surface area contributed by atoms with Crippen molar-refractivity contribution in [3.05, 3.63) is 0 Å². The van der Waals surface area contributed by atoms with Crippen molar-refractivity contribution in [1.29, 1.82) is 0 Å². The van der Waals surface area contributed by atoms with Crippen molar-refractivity contribution >= 4 is 95.8 Å². The first-order valence-electron chi connectivity index (χ1n) is 1.50. The molecule has 0 atom stereocenters. The second kappa shape index (κ2) is 24.7. The van der Waals surface area contributed by atoms with E-state index in [-0.39, 0.29) is 34.7 Å². The molecule has 0 rings (SSSR count). The minimum atomic E-state index is -4.11. The van der Waals surface area contributed by atoms with E-state index >= 15 is 0 Å². The van der Waals surface area contributed by atoms with Crippen molar-refractivity contribution in [2.24, 2.45) is 0 Å². The zero-order chi connectivity index (χ0) is 10.7. The third-order valence-corrected chi connectivity index (χ3v) is 0. The summed E-state index contributed by atoms with van der Waals surface area (Å²) in [6.07, 6.45) is 0. The predicted octanol–water partition coefficient (Wildman–Crippen LogP) is -9.39. The van der Waals surface area contributed by atoms with Crippen molar-refractivity contribution in [3.63, 3.8) is 0 Å². The van der Waals surface area contributed by atoms with Crippen LogP contribution in [0.3, 0.4) is 0 Å². The van der Waals surface area contributed by atoms with Gasteiger partial charge in [-0.15, -0.1) is 0 Å². The predicted molar refractivity (Wildman–Crippen MR) is 30.8 cm³/mol. The topological polar surface area (TPSA) is 190 Å². The van der Waals surface area contributed by atoms with E-state index in [9.17, 15) is 0 Å². The maximum Gasteiger partial charge on any atom is 3.00 e. The zero-order valence-electron chi connectivity index (χ0n) is 6.05.